The van der Waals surface area contributed by atoms with Crippen molar-refractivity contribution < 1.29 is 27.8 Å². The van der Waals surface area contributed by atoms with E-state index in [1.54, 1.807) is 25.1 Å². The lowest BCUT2D eigenvalue weighted by Gasteiger charge is -2.13. The Balaban J connectivity index is 2.25. The van der Waals surface area contributed by atoms with Crippen LogP contribution in [0.25, 0.3) is 0 Å². The molecule has 1 atom stereocenters. The summed E-state index contributed by atoms with van der Waals surface area (Å²) in [6, 6.07) is 7.85. The summed E-state index contributed by atoms with van der Waals surface area (Å²) < 4.78 is 43.5. The Bertz CT molecular complexity index is 793. The first-order valence-corrected chi connectivity index (χ1v) is 8.38. The highest BCUT2D eigenvalue weighted by atomic mass is 35.5. The Morgan fingerprint density at radius 2 is 1.92 bits per heavy atom. The average molecular weight is 391 g/mol. The number of ether oxygens (including phenoxy) is 1. The second-order valence-electron chi connectivity index (χ2n) is 5.27. The van der Waals surface area contributed by atoms with E-state index in [2.05, 4.69) is 0 Å². The summed E-state index contributed by atoms with van der Waals surface area (Å²) in [7, 11) is 0. The van der Waals surface area contributed by atoms with Crippen LogP contribution in [0.5, 0.6) is 11.5 Å². The molecule has 1 unspecified atom stereocenters. The zero-order chi connectivity index (χ0) is 18.8. The first-order valence-electron chi connectivity index (χ1n) is 7.12. The number of carbonyl (C=O) groups is 1. The van der Waals surface area contributed by atoms with Crippen molar-refractivity contribution in [3.8, 4) is 11.5 Å². The summed E-state index contributed by atoms with van der Waals surface area (Å²) in [5, 5.41) is 8.19. The molecule has 0 aliphatic heterocycles. The van der Waals surface area contributed by atoms with Gasteiger partial charge >= 0.3 is 12.1 Å². The van der Waals surface area contributed by atoms with Crippen LogP contribution in [-0.4, -0.2) is 16.3 Å². The lowest BCUT2D eigenvalue weighted by atomic mass is 10.2. The molecule has 25 heavy (non-hydrogen) atoms. The number of carboxylic acid groups (broad SMARTS) is 1. The summed E-state index contributed by atoms with van der Waals surface area (Å²) >= 11 is 7.03. The van der Waals surface area contributed by atoms with Crippen LogP contribution in [0.4, 0.5) is 13.2 Å². The second kappa shape index (κ2) is 7.58. The lowest BCUT2D eigenvalue weighted by molar-refractivity contribution is -0.138. The van der Waals surface area contributed by atoms with Gasteiger partial charge in [0.05, 0.1) is 10.6 Å². The molecule has 0 bridgehead atoms. The third kappa shape index (κ3) is 5.06. The SMILES string of the molecule is Cc1ccc(Oc2ccc(C(F)(F)F)cc2Cl)cc1SC(C)C(=O)O. The monoisotopic (exact) mass is 390 g/mol. The van der Waals surface area contributed by atoms with Crippen molar-refractivity contribution in [1.82, 2.24) is 0 Å². The number of carboxylic acids is 1. The Morgan fingerprint density at radius 1 is 1.24 bits per heavy atom. The molecule has 0 saturated heterocycles. The Kier molecular flexibility index (Phi) is 5.90. The molecule has 0 spiro atoms. The molecule has 0 amide bonds. The van der Waals surface area contributed by atoms with Crippen LogP contribution in [0.3, 0.4) is 0 Å². The third-order valence-corrected chi connectivity index (χ3v) is 4.84. The number of hydrogen-bond donors (Lipinski definition) is 1. The van der Waals surface area contributed by atoms with E-state index in [0.717, 1.165) is 35.5 Å². The van der Waals surface area contributed by atoms with E-state index < -0.39 is 23.0 Å². The van der Waals surface area contributed by atoms with Crippen LogP contribution in [0.1, 0.15) is 18.1 Å². The minimum Gasteiger partial charge on any atom is -0.480 e. The first-order chi connectivity index (χ1) is 11.6. The number of alkyl halides is 3. The Hall–Kier alpha value is -1.86. The minimum absolute atomic E-state index is 0.0840. The minimum atomic E-state index is -4.48. The van der Waals surface area contributed by atoms with E-state index in [9.17, 15) is 18.0 Å². The number of rotatable bonds is 5. The molecule has 0 radical (unpaired) electrons. The van der Waals surface area contributed by atoms with Crippen molar-refractivity contribution in [2.24, 2.45) is 0 Å². The van der Waals surface area contributed by atoms with E-state index in [0.29, 0.717) is 10.6 Å². The summed E-state index contributed by atoms with van der Waals surface area (Å²) in [5.74, 6) is -0.505. The van der Waals surface area contributed by atoms with Crippen molar-refractivity contribution in [3.63, 3.8) is 0 Å². The van der Waals surface area contributed by atoms with Gasteiger partial charge in [-0.15, -0.1) is 11.8 Å². The van der Waals surface area contributed by atoms with E-state index in [1.807, 2.05) is 6.92 Å². The van der Waals surface area contributed by atoms with Gasteiger partial charge < -0.3 is 9.84 Å². The van der Waals surface area contributed by atoms with Crippen molar-refractivity contribution in [3.05, 3.63) is 52.5 Å². The van der Waals surface area contributed by atoms with E-state index in [1.165, 1.54) is 0 Å². The van der Waals surface area contributed by atoms with Gasteiger partial charge in [-0.3, -0.25) is 4.79 Å². The van der Waals surface area contributed by atoms with Gasteiger partial charge in [0, 0.05) is 4.90 Å². The largest absolute Gasteiger partial charge is 0.480 e. The summed E-state index contributed by atoms with van der Waals surface area (Å²) in [5.41, 5.74) is 0.00394. The zero-order valence-electron chi connectivity index (χ0n) is 13.2. The molecule has 2 rings (SSSR count). The molecule has 0 saturated carbocycles. The summed E-state index contributed by atoms with van der Waals surface area (Å²) in [4.78, 5) is 11.7. The maximum Gasteiger partial charge on any atom is 0.416 e. The number of benzene rings is 2. The van der Waals surface area contributed by atoms with Crippen LogP contribution in [-0.2, 0) is 11.0 Å². The van der Waals surface area contributed by atoms with Gasteiger partial charge in [0.15, 0.2) is 0 Å². The van der Waals surface area contributed by atoms with Gasteiger partial charge in [-0.2, -0.15) is 13.2 Å². The van der Waals surface area contributed by atoms with Crippen molar-refractivity contribution in [2.45, 2.75) is 30.2 Å². The van der Waals surface area contributed by atoms with E-state index >= 15 is 0 Å². The lowest BCUT2D eigenvalue weighted by Crippen LogP contribution is -2.11. The molecule has 0 aliphatic carbocycles. The third-order valence-electron chi connectivity index (χ3n) is 3.30. The van der Waals surface area contributed by atoms with Gasteiger partial charge in [0.1, 0.15) is 16.7 Å². The van der Waals surface area contributed by atoms with Crippen LogP contribution < -0.4 is 4.74 Å². The molecule has 134 valence electrons. The van der Waals surface area contributed by atoms with Gasteiger partial charge in [-0.1, -0.05) is 17.7 Å². The zero-order valence-corrected chi connectivity index (χ0v) is 14.8. The van der Waals surface area contributed by atoms with E-state index in [-0.39, 0.29) is 10.8 Å². The maximum atomic E-state index is 12.7. The number of aliphatic carboxylic acids is 1. The number of thioether (sulfide) groups is 1. The quantitative estimate of drug-likeness (QED) is 0.633. The molecule has 1 N–H and O–H groups in total. The van der Waals surface area contributed by atoms with Crippen molar-refractivity contribution in [1.29, 1.82) is 0 Å². The molecule has 0 aromatic heterocycles. The molecule has 8 heteroatoms. The second-order valence-corrected chi connectivity index (χ2v) is 7.06. The van der Waals surface area contributed by atoms with Gasteiger partial charge in [0.2, 0.25) is 0 Å². The van der Waals surface area contributed by atoms with Gasteiger partial charge in [-0.25, -0.2) is 0 Å². The molecule has 0 heterocycles. The van der Waals surface area contributed by atoms with Crippen molar-refractivity contribution >= 4 is 29.3 Å². The van der Waals surface area contributed by atoms with Crippen molar-refractivity contribution in [2.75, 3.05) is 0 Å². The molecule has 2 aromatic rings. The molecular weight excluding hydrogens is 377 g/mol. The Labute approximate surface area is 151 Å². The van der Waals surface area contributed by atoms with Gasteiger partial charge in [-0.05, 0) is 49.7 Å². The highest BCUT2D eigenvalue weighted by Gasteiger charge is 2.31. The van der Waals surface area contributed by atoms with Crippen LogP contribution in [0.2, 0.25) is 5.02 Å². The fourth-order valence-corrected chi connectivity index (χ4v) is 3.04. The predicted molar refractivity (Wildman–Crippen MR) is 90.7 cm³/mol. The Morgan fingerprint density at radius 3 is 2.48 bits per heavy atom. The van der Waals surface area contributed by atoms with Crippen LogP contribution in [0.15, 0.2) is 41.3 Å². The fourth-order valence-electron chi connectivity index (χ4n) is 1.90. The van der Waals surface area contributed by atoms with Crippen LogP contribution in [0, 0.1) is 6.92 Å². The number of hydrogen-bond acceptors (Lipinski definition) is 3. The highest BCUT2D eigenvalue weighted by molar-refractivity contribution is 8.00. The first kappa shape index (κ1) is 19.5. The summed E-state index contributed by atoms with van der Waals surface area (Å²) in [6.07, 6.45) is -4.48. The topological polar surface area (TPSA) is 46.5 Å². The van der Waals surface area contributed by atoms with E-state index in [4.69, 9.17) is 21.4 Å². The smallest absolute Gasteiger partial charge is 0.416 e. The average Bonchev–Trinajstić information content (AvgIpc) is 2.51. The molecular formula is C17H14ClF3O3S. The molecule has 0 aliphatic rings. The molecule has 3 nitrogen and oxygen atoms in total. The number of aryl methyl sites for hydroxylation is 1. The normalized spacial score (nSPS) is 12.7. The summed E-state index contributed by atoms with van der Waals surface area (Å²) in [6.45, 7) is 3.39. The predicted octanol–water partition coefficient (Wildman–Crippen LogP) is 6.02. The molecule has 2 aromatic carbocycles. The standard InChI is InChI=1S/C17H14ClF3O3S/c1-9-3-5-12(8-15(9)25-10(2)16(22)23)24-14-6-4-11(7-13(14)18)17(19,20)21/h3-8,10H,1-2H3,(H,22,23). The fraction of sp³-hybridized carbons (Fsp3) is 0.235. The van der Waals surface area contributed by atoms with Gasteiger partial charge in [0.25, 0.3) is 0 Å². The van der Waals surface area contributed by atoms with Crippen LogP contribution >= 0.6 is 23.4 Å². The molecule has 0 fully saturated rings. The maximum absolute atomic E-state index is 12.7. The number of halogens is 4. The highest BCUT2D eigenvalue weighted by Crippen LogP contribution is 2.37.